The van der Waals surface area contributed by atoms with Gasteiger partial charge in [0.05, 0.1) is 23.8 Å². The molecule has 0 unspecified atom stereocenters. The summed E-state index contributed by atoms with van der Waals surface area (Å²) in [7, 11) is 0. The van der Waals surface area contributed by atoms with Crippen LogP contribution in [0.4, 0.5) is 0 Å². The molecule has 0 nitrogen and oxygen atoms in total. The summed E-state index contributed by atoms with van der Waals surface area (Å²) < 4.78 is 1.03. The lowest BCUT2D eigenvalue weighted by Gasteiger charge is -1.84. The van der Waals surface area contributed by atoms with Crippen LogP contribution in [0.2, 0.25) is 0 Å². The van der Waals surface area contributed by atoms with Gasteiger partial charge in [-0.15, -0.1) is 0 Å². The van der Waals surface area contributed by atoms with Crippen LogP contribution in [-0.4, -0.2) is 0 Å². The van der Waals surface area contributed by atoms with Gasteiger partial charge in [0, 0.05) is 0 Å². The Hall–Kier alpha value is -0.390. The summed E-state index contributed by atoms with van der Waals surface area (Å²) in [4.78, 5) is 0. The summed E-state index contributed by atoms with van der Waals surface area (Å²) in [6.45, 7) is 2.05. The standard InChI is InChI=1S/C7H6Br/c1-6-3-2-4-7(8)5-6/h2-3,5H,1H3/q+1. The third-order valence-electron chi connectivity index (χ3n) is 0.922. The predicted octanol–water partition coefficient (Wildman–Crippen LogP) is 2.58. The van der Waals surface area contributed by atoms with Crippen molar-refractivity contribution in [2.75, 3.05) is 0 Å². The zero-order valence-electron chi connectivity index (χ0n) is 4.61. The van der Waals surface area contributed by atoms with Gasteiger partial charge in [-0.2, -0.15) is 0 Å². The molecule has 0 spiro atoms. The quantitative estimate of drug-likeness (QED) is 0.490. The van der Waals surface area contributed by atoms with E-state index in [2.05, 4.69) is 28.9 Å². The topological polar surface area (TPSA) is 0 Å². The molecule has 1 aliphatic rings. The minimum Gasteiger partial charge on any atom is -0.0143 e. The zero-order chi connectivity index (χ0) is 5.98. The van der Waals surface area contributed by atoms with Crippen LogP contribution in [0.25, 0.3) is 0 Å². The van der Waals surface area contributed by atoms with Crippen molar-refractivity contribution < 1.29 is 0 Å². The van der Waals surface area contributed by atoms with Gasteiger partial charge in [0.25, 0.3) is 0 Å². The molecule has 1 heteroatoms. The van der Waals surface area contributed by atoms with Gasteiger partial charge in [-0.25, -0.2) is 0 Å². The SMILES string of the molecule is CC1=CC(Br)=[C+]C=C1. The Labute approximate surface area is 57.7 Å². The number of halogens is 1. The second kappa shape index (κ2) is 2.25. The maximum Gasteiger partial charge on any atom is 0.181 e. The molecule has 8 heavy (non-hydrogen) atoms. The fourth-order valence-corrected chi connectivity index (χ4v) is 1.04. The van der Waals surface area contributed by atoms with E-state index in [4.69, 9.17) is 0 Å². The highest BCUT2D eigenvalue weighted by Crippen LogP contribution is 2.13. The second-order valence-electron chi connectivity index (χ2n) is 1.71. The first-order valence-corrected chi connectivity index (χ1v) is 3.22. The lowest BCUT2D eigenvalue weighted by Crippen LogP contribution is -1.74. The van der Waals surface area contributed by atoms with E-state index in [1.165, 1.54) is 5.57 Å². The minimum atomic E-state index is 1.03. The molecular formula is C7H6Br+. The largest absolute Gasteiger partial charge is 0.181 e. The summed E-state index contributed by atoms with van der Waals surface area (Å²) in [5.41, 5.74) is 1.26. The summed E-state index contributed by atoms with van der Waals surface area (Å²) in [5.74, 6) is 0. The Kier molecular flexibility index (Phi) is 1.62. The van der Waals surface area contributed by atoms with Crippen molar-refractivity contribution in [2.45, 2.75) is 6.92 Å². The molecule has 1 rings (SSSR count). The van der Waals surface area contributed by atoms with Crippen molar-refractivity contribution in [1.82, 2.24) is 0 Å². The monoisotopic (exact) mass is 169 g/mol. The zero-order valence-corrected chi connectivity index (χ0v) is 6.20. The highest BCUT2D eigenvalue weighted by atomic mass is 79.9. The van der Waals surface area contributed by atoms with E-state index in [-0.39, 0.29) is 0 Å². The first-order chi connectivity index (χ1) is 3.79. The van der Waals surface area contributed by atoms with E-state index in [1.807, 2.05) is 18.2 Å². The summed E-state index contributed by atoms with van der Waals surface area (Å²) in [5, 5.41) is 0. The Morgan fingerprint density at radius 3 is 2.75 bits per heavy atom. The van der Waals surface area contributed by atoms with Crippen LogP contribution in [0.15, 0.2) is 28.3 Å². The van der Waals surface area contributed by atoms with E-state index < -0.39 is 0 Å². The van der Waals surface area contributed by atoms with Crippen molar-refractivity contribution in [2.24, 2.45) is 0 Å². The molecule has 0 amide bonds. The van der Waals surface area contributed by atoms with Gasteiger partial charge in [-0.3, -0.25) is 0 Å². The van der Waals surface area contributed by atoms with Gasteiger partial charge in [0.15, 0.2) is 4.48 Å². The van der Waals surface area contributed by atoms with Gasteiger partial charge >= 0.3 is 0 Å². The predicted molar refractivity (Wildman–Crippen MR) is 38.6 cm³/mol. The smallest absolute Gasteiger partial charge is 0.0143 e. The van der Waals surface area contributed by atoms with Crippen molar-refractivity contribution in [3.05, 3.63) is 34.4 Å². The van der Waals surface area contributed by atoms with E-state index in [9.17, 15) is 0 Å². The van der Waals surface area contributed by atoms with Gasteiger partial charge in [-0.1, -0.05) is 0 Å². The lowest BCUT2D eigenvalue weighted by molar-refractivity contribution is 1.48. The highest BCUT2D eigenvalue weighted by Gasteiger charge is 2.00. The van der Waals surface area contributed by atoms with Gasteiger partial charge in [0.2, 0.25) is 0 Å². The summed E-state index contributed by atoms with van der Waals surface area (Å²) in [6.07, 6.45) is 8.94. The fraction of sp³-hybridized carbons (Fsp3) is 0.143. The Morgan fingerprint density at radius 2 is 2.38 bits per heavy atom. The maximum atomic E-state index is 3.31. The molecule has 0 heterocycles. The third kappa shape index (κ3) is 1.29. The Morgan fingerprint density at radius 1 is 1.62 bits per heavy atom. The minimum absolute atomic E-state index is 1.03. The molecule has 0 saturated carbocycles. The normalized spacial score (nSPS) is 16.8. The molecule has 0 radical (unpaired) electrons. The van der Waals surface area contributed by atoms with Crippen LogP contribution in [-0.2, 0) is 0 Å². The van der Waals surface area contributed by atoms with Gasteiger partial charge in [0.1, 0.15) is 6.08 Å². The van der Waals surface area contributed by atoms with Gasteiger partial charge in [-0.05, 0) is 22.9 Å². The molecule has 0 N–H and O–H groups in total. The first-order valence-electron chi connectivity index (χ1n) is 2.43. The highest BCUT2D eigenvalue weighted by molar-refractivity contribution is 9.11. The average molecular weight is 170 g/mol. The number of allylic oxidation sites excluding steroid dienone is 6. The molecule has 0 aliphatic heterocycles. The van der Waals surface area contributed by atoms with E-state index in [0.29, 0.717) is 0 Å². The Balaban J connectivity index is 2.89. The second-order valence-corrected chi connectivity index (χ2v) is 2.57. The number of hydrogen-bond donors (Lipinski definition) is 0. The molecule has 0 aromatic carbocycles. The first kappa shape index (κ1) is 5.74. The van der Waals surface area contributed by atoms with Crippen LogP contribution in [0.5, 0.6) is 0 Å². The van der Waals surface area contributed by atoms with E-state index >= 15 is 0 Å². The third-order valence-corrected chi connectivity index (χ3v) is 1.38. The summed E-state index contributed by atoms with van der Waals surface area (Å²) in [6, 6.07) is 0. The van der Waals surface area contributed by atoms with Gasteiger partial charge < -0.3 is 0 Å². The van der Waals surface area contributed by atoms with Crippen molar-refractivity contribution >= 4 is 15.9 Å². The molecule has 40 valence electrons. The Bertz CT molecular complexity index is 170. The maximum absolute atomic E-state index is 3.31. The van der Waals surface area contributed by atoms with E-state index in [1.54, 1.807) is 0 Å². The van der Waals surface area contributed by atoms with Crippen molar-refractivity contribution in [1.29, 1.82) is 0 Å². The molecule has 0 bridgehead atoms. The number of rotatable bonds is 0. The van der Waals surface area contributed by atoms with Crippen molar-refractivity contribution in [3.63, 3.8) is 0 Å². The fourth-order valence-electron chi connectivity index (χ4n) is 0.542. The van der Waals surface area contributed by atoms with Crippen LogP contribution in [0, 0.1) is 6.08 Å². The molecular weight excluding hydrogens is 164 g/mol. The molecule has 1 aliphatic carbocycles. The molecule has 0 saturated heterocycles. The summed E-state index contributed by atoms with van der Waals surface area (Å²) >= 11 is 3.31. The van der Waals surface area contributed by atoms with E-state index in [0.717, 1.165) is 4.48 Å². The van der Waals surface area contributed by atoms with Crippen LogP contribution < -0.4 is 0 Å². The van der Waals surface area contributed by atoms with Crippen LogP contribution in [0.1, 0.15) is 6.92 Å². The molecule has 0 atom stereocenters. The molecule has 0 aromatic rings. The van der Waals surface area contributed by atoms with Crippen LogP contribution >= 0.6 is 15.9 Å². The number of hydrogen-bond acceptors (Lipinski definition) is 0. The average Bonchev–Trinajstić information content (AvgIpc) is 1.64. The van der Waals surface area contributed by atoms with Crippen LogP contribution in [0.3, 0.4) is 0 Å². The van der Waals surface area contributed by atoms with Crippen molar-refractivity contribution in [3.8, 4) is 0 Å². The molecule has 0 fully saturated rings. The molecule has 0 aromatic heterocycles. The lowest BCUT2D eigenvalue weighted by atomic mass is 10.2.